The molecule has 2 aromatic carbocycles. The molecule has 0 saturated carbocycles. The Morgan fingerprint density at radius 2 is 1.67 bits per heavy atom. The van der Waals surface area contributed by atoms with Crippen molar-refractivity contribution in [1.82, 2.24) is 15.5 Å². The highest BCUT2D eigenvalue weighted by Crippen LogP contribution is 2.17. The van der Waals surface area contributed by atoms with Crippen molar-refractivity contribution in [3.8, 4) is 0 Å². The van der Waals surface area contributed by atoms with Crippen LogP contribution in [0.4, 0.5) is 9.18 Å². The molecule has 5 nitrogen and oxygen atoms in total. The third kappa shape index (κ3) is 6.82. The average molecular weight is 414 g/mol. The van der Waals surface area contributed by atoms with Crippen molar-refractivity contribution in [3.05, 3.63) is 71.0 Å². The van der Waals surface area contributed by atoms with Crippen LogP contribution in [-0.4, -0.2) is 36.2 Å². The van der Waals surface area contributed by atoms with Gasteiger partial charge in [-0.1, -0.05) is 36.4 Å². The fraction of sp³-hybridized carbons (Fsp3) is 0.458. The first-order chi connectivity index (χ1) is 14.5. The quantitative estimate of drug-likeness (QED) is 0.682. The standard InChI is InChI=1S/C24H32FN3O2/c1-18(2)30-17-21-5-3-19(4-6-21)15-27-24(29)28(23-11-13-26-14-12-23)16-20-7-9-22(25)10-8-20/h3-10,18,23,26H,11-17H2,1-2H3,(H,27,29). The largest absolute Gasteiger partial charge is 0.374 e. The summed E-state index contributed by atoms with van der Waals surface area (Å²) in [5, 5.41) is 6.40. The number of rotatable bonds is 8. The van der Waals surface area contributed by atoms with E-state index in [1.54, 1.807) is 12.1 Å². The van der Waals surface area contributed by atoms with Crippen molar-refractivity contribution in [1.29, 1.82) is 0 Å². The second-order valence-corrected chi connectivity index (χ2v) is 8.07. The molecule has 1 aliphatic heterocycles. The Kier molecular flexibility index (Phi) is 8.22. The van der Waals surface area contributed by atoms with E-state index in [1.165, 1.54) is 12.1 Å². The van der Waals surface area contributed by atoms with E-state index < -0.39 is 0 Å². The van der Waals surface area contributed by atoms with Crippen LogP contribution in [0.5, 0.6) is 0 Å². The molecule has 3 rings (SSSR count). The van der Waals surface area contributed by atoms with Gasteiger partial charge in [-0.25, -0.2) is 9.18 Å². The fourth-order valence-corrected chi connectivity index (χ4v) is 3.57. The number of nitrogens with one attached hydrogen (secondary N) is 2. The van der Waals surface area contributed by atoms with Crippen LogP contribution < -0.4 is 10.6 Å². The van der Waals surface area contributed by atoms with E-state index in [0.717, 1.165) is 42.6 Å². The zero-order valence-electron chi connectivity index (χ0n) is 17.9. The van der Waals surface area contributed by atoms with Crippen molar-refractivity contribution in [2.45, 2.75) is 58.5 Å². The highest BCUT2D eigenvalue weighted by molar-refractivity contribution is 5.74. The van der Waals surface area contributed by atoms with Gasteiger partial charge in [0.25, 0.3) is 0 Å². The van der Waals surface area contributed by atoms with Crippen LogP contribution in [0, 0.1) is 5.82 Å². The number of urea groups is 1. The average Bonchev–Trinajstić information content (AvgIpc) is 2.77. The number of ether oxygens (including phenoxy) is 1. The van der Waals surface area contributed by atoms with Crippen LogP contribution in [0.1, 0.15) is 43.4 Å². The summed E-state index contributed by atoms with van der Waals surface area (Å²) in [6, 6.07) is 14.6. The summed E-state index contributed by atoms with van der Waals surface area (Å²) in [6.07, 6.45) is 2.03. The van der Waals surface area contributed by atoms with Crippen molar-refractivity contribution in [2.75, 3.05) is 13.1 Å². The van der Waals surface area contributed by atoms with Gasteiger partial charge in [0.15, 0.2) is 0 Å². The molecule has 2 N–H and O–H groups in total. The minimum absolute atomic E-state index is 0.0848. The molecular weight excluding hydrogens is 381 g/mol. The zero-order valence-corrected chi connectivity index (χ0v) is 17.9. The molecule has 0 radical (unpaired) electrons. The number of benzene rings is 2. The SMILES string of the molecule is CC(C)OCc1ccc(CNC(=O)N(Cc2ccc(F)cc2)C2CCNCC2)cc1. The number of carbonyl (C=O) groups excluding carboxylic acids is 1. The molecule has 30 heavy (non-hydrogen) atoms. The van der Waals surface area contributed by atoms with Crippen LogP contribution >= 0.6 is 0 Å². The first-order valence-electron chi connectivity index (χ1n) is 10.7. The Morgan fingerprint density at radius 3 is 2.30 bits per heavy atom. The van der Waals surface area contributed by atoms with E-state index in [1.807, 2.05) is 43.0 Å². The van der Waals surface area contributed by atoms with Gasteiger partial charge in [-0.3, -0.25) is 0 Å². The van der Waals surface area contributed by atoms with Crippen LogP contribution in [0.2, 0.25) is 0 Å². The Balaban J connectivity index is 1.60. The highest BCUT2D eigenvalue weighted by atomic mass is 19.1. The maximum absolute atomic E-state index is 13.3. The molecule has 0 spiro atoms. The van der Waals surface area contributed by atoms with Crippen molar-refractivity contribution >= 4 is 6.03 Å². The van der Waals surface area contributed by atoms with E-state index in [2.05, 4.69) is 10.6 Å². The van der Waals surface area contributed by atoms with E-state index in [-0.39, 0.29) is 24.0 Å². The summed E-state index contributed by atoms with van der Waals surface area (Å²) in [6.45, 7) is 7.37. The van der Waals surface area contributed by atoms with E-state index in [4.69, 9.17) is 4.74 Å². The Morgan fingerprint density at radius 1 is 1.07 bits per heavy atom. The van der Waals surface area contributed by atoms with Gasteiger partial charge in [0.2, 0.25) is 0 Å². The van der Waals surface area contributed by atoms with Crippen LogP contribution in [0.3, 0.4) is 0 Å². The lowest BCUT2D eigenvalue weighted by Gasteiger charge is -2.35. The molecule has 1 heterocycles. The van der Waals surface area contributed by atoms with Gasteiger partial charge >= 0.3 is 6.03 Å². The van der Waals surface area contributed by atoms with Crippen molar-refractivity contribution in [3.63, 3.8) is 0 Å². The number of halogens is 1. The normalized spacial score (nSPS) is 14.7. The first kappa shape index (κ1) is 22.2. The summed E-state index contributed by atoms with van der Waals surface area (Å²) < 4.78 is 18.9. The Labute approximate surface area is 178 Å². The molecule has 0 aliphatic carbocycles. The molecule has 6 heteroatoms. The topological polar surface area (TPSA) is 53.6 Å². The first-order valence-corrected chi connectivity index (χ1v) is 10.7. The van der Waals surface area contributed by atoms with Crippen LogP contribution in [-0.2, 0) is 24.4 Å². The molecule has 2 aromatic rings. The van der Waals surface area contributed by atoms with Crippen molar-refractivity contribution in [2.24, 2.45) is 0 Å². The Bertz CT molecular complexity index is 787. The zero-order chi connectivity index (χ0) is 21.3. The third-order valence-corrected chi connectivity index (χ3v) is 5.33. The van der Waals surface area contributed by atoms with E-state index in [9.17, 15) is 9.18 Å². The lowest BCUT2D eigenvalue weighted by atomic mass is 10.0. The molecule has 162 valence electrons. The summed E-state index contributed by atoms with van der Waals surface area (Å²) in [5.74, 6) is -0.265. The predicted molar refractivity (Wildman–Crippen MR) is 116 cm³/mol. The molecule has 0 unspecified atom stereocenters. The minimum Gasteiger partial charge on any atom is -0.374 e. The van der Waals surface area contributed by atoms with Gasteiger partial charge in [-0.2, -0.15) is 0 Å². The number of amides is 2. The van der Waals surface area contributed by atoms with Gasteiger partial charge in [0.1, 0.15) is 5.82 Å². The molecule has 1 saturated heterocycles. The number of carbonyl (C=O) groups is 1. The molecule has 0 atom stereocenters. The number of nitrogens with zero attached hydrogens (tertiary/aromatic N) is 1. The predicted octanol–water partition coefficient (Wildman–Crippen LogP) is 4.21. The number of hydrogen-bond acceptors (Lipinski definition) is 3. The van der Waals surface area contributed by atoms with Gasteiger partial charge < -0.3 is 20.3 Å². The van der Waals surface area contributed by atoms with Crippen LogP contribution in [0.25, 0.3) is 0 Å². The number of hydrogen-bond donors (Lipinski definition) is 2. The van der Waals surface area contributed by atoms with E-state index >= 15 is 0 Å². The lowest BCUT2D eigenvalue weighted by Crippen LogP contribution is -2.49. The summed E-state index contributed by atoms with van der Waals surface area (Å²) in [7, 11) is 0. The molecule has 0 aromatic heterocycles. The second-order valence-electron chi connectivity index (χ2n) is 8.07. The molecule has 0 bridgehead atoms. The smallest absolute Gasteiger partial charge is 0.318 e. The van der Waals surface area contributed by atoms with Gasteiger partial charge in [0.05, 0.1) is 12.7 Å². The molecule has 1 fully saturated rings. The van der Waals surface area contributed by atoms with Crippen molar-refractivity contribution < 1.29 is 13.9 Å². The summed E-state index contributed by atoms with van der Waals surface area (Å²) >= 11 is 0. The summed E-state index contributed by atoms with van der Waals surface area (Å²) in [5.41, 5.74) is 3.09. The lowest BCUT2D eigenvalue weighted by molar-refractivity contribution is 0.0657. The van der Waals surface area contributed by atoms with Gasteiger partial charge in [-0.05, 0) is 68.6 Å². The maximum atomic E-state index is 13.3. The number of piperidine rings is 1. The fourth-order valence-electron chi connectivity index (χ4n) is 3.57. The second kappa shape index (κ2) is 11.1. The van der Waals surface area contributed by atoms with Gasteiger partial charge in [0, 0.05) is 19.1 Å². The molecule has 1 aliphatic rings. The molecule has 2 amide bonds. The monoisotopic (exact) mass is 413 g/mol. The van der Waals surface area contributed by atoms with Crippen LogP contribution in [0.15, 0.2) is 48.5 Å². The van der Waals surface area contributed by atoms with Gasteiger partial charge in [-0.15, -0.1) is 0 Å². The Hall–Kier alpha value is -2.44. The summed E-state index contributed by atoms with van der Waals surface area (Å²) in [4.78, 5) is 14.9. The minimum atomic E-state index is -0.265. The highest BCUT2D eigenvalue weighted by Gasteiger charge is 2.25. The molecular formula is C24H32FN3O2. The van der Waals surface area contributed by atoms with E-state index in [0.29, 0.717) is 19.7 Å². The maximum Gasteiger partial charge on any atom is 0.318 e. The third-order valence-electron chi connectivity index (χ3n) is 5.33.